The highest BCUT2D eigenvalue weighted by Gasteiger charge is 2.13. The molecule has 0 saturated heterocycles. The number of anilines is 2. The SMILES string of the molecule is COc1ccc(Cl)cc1Nc1nc(-c2ccccc2O)nc2ccccc12. The maximum absolute atomic E-state index is 10.2. The number of fused-ring (bicyclic) bond motifs is 1. The number of hydrogen-bond donors (Lipinski definition) is 2. The lowest BCUT2D eigenvalue weighted by Crippen LogP contribution is -2.01. The monoisotopic (exact) mass is 377 g/mol. The summed E-state index contributed by atoms with van der Waals surface area (Å²) in [5.74, 6) is 1.79. The van der Waals surface area contributed by atoms with Crippen molar-refractivity contribution in [2.24, 2.45) is 0 Å². The molecule has 27 heavy (non-hydrogen) atoms. The van der Waals surface area contributed by atoms with E-state index in [4.69, 9.17) is 16.3 Å². The number of para-hydroxylation sites is 2. The molecule has 4 aromatic rings. The molecule has 134 valence electrons. The van der Waals surface area contributed by atoms with Gasteiger partial charge in [0, 0.05) is 10.4 Å². The molecule has 0 radical (unpaired) electrons. The van der Waals surface area contributed by atoms with Crippen molar-refractivity contribution in [3.63, 3.8) is 0 Å². The quantitative estimate of drug-likeness (QED) is 0.498. The van der Waals surface area contributed by atoms with E-state index in [0.29, 0.717) is 33.7 Å². The topological polar surface area (TPSA) is 67.3 Å². The van der Waals surface area contributed by atoms with E-state index in [1.165, 1.54) is 0 Å². The van der Waals surface area contributed by atoms with E-state index in [1.807, 2.05) is 30.3 Å². The lowest BCUT2D eigenvalue weighted by atomic mass is 10.1. The Labute approximate surface area is 161 Å². The van der Waals surface area contributed by atoms with Crippen LogP contribution in [0.5, 0.6) is 11.5 Å². The molecule has 0 unspecified atom stereocenters. The predicted molar refractivity (Wildman–Crippen MR) is 108 cm³/mol. The molecular formula is C21H16ClN3O2. The van der Waals surface area contributed by atoms with Crippen LogP contribution in [0.3, 0.4) is 0 Å². The molecule has 0 amide bonds. The van der Waals surface area contributed by atoms with Crippen LogP contribution in [0.25, 0.3) is 22.3 Å². The second kappa shape index (κ2) is 7.13. The zero-order chi connectivity index (χ0) is 18.8. The molecule has 0 fully saturated rings. The van der Waals surface area contributed by atoms with E-state index >= 15 is 0 Å². The fraction of sp³-hybridized carbons (Fsp3) is 0.0476. The smallest absolute Gasteiger partial charge is 0.165 e. The first-order valence-corrected chi connectivity index (χ1v) is 8.69. The third-order valence-corrected chi connectivity index (χ3v) is 4.40. The molecule has 1 aromatic heterocycles. The van der Waals surface area contributed by atoms with Gasteiger partial charge in [0.2, 0.25) is 0 Å². The van der Waals surface area contributed by atoms with Gasteiger partial charge < -0.3 is 15.2 Å². The average molecular weight is 378 g/mol. The Morgan fingerprint density at radius 3 is 2.56 bits per heavy atom. The van der Waals surface area contributed by atoms with Crippen LogP contribution < -0.4 is 10.1 Å². The molecule has 5 nitrogen and oxygen atoms in total. The summed E-state index contributed by atoms with van der Waals surface area (Å²) in [5.41, 5.74) is 2.01. The molecule has 0 aliphatic rings. The number of aromatic hydroxyl groups is 1. The van der Waals surface area contributed by atoms with E-state index in [9.17, 15) is 5.11 Å². The average Bonchev–Trinajstić information content (AvgIpc) is 2.68. The van der Waals surface area contributed by atoms with Crippen LogP contribution in [-0.2, 0) is 0 Å². The molecule has 4 rings (SSSR count). The maximum Gasteiger partial charge on any atom is 0.165 e. The van der Waals surface area contributed by atoms with Crippen LogP contribution in [0.1, 0.15) is 0 Å². The van der Waals surface area contributed by atoms with Crippen molar-refractivity contribution in [1.29, 1.82) is 0 Å². The number of hydrogen-bond acceptors (Lipinski definition) is 5. The number of aromatic nitrogens is 2. The molecule has 0 saturated carbocycles. The summed E-state index contributed by atoms with van der Waals surface area (Å²) in [4.78, 5) is 9.25. The van der Waals surface area contributed by atoms with Gasteiger partial charge in [0.05, 0.1) is 23.9 Å². The van der Waals surface area contributed by atoms with Crippen LogP contribution in [0.2, 0.25) is 5.02 Å². The lowest BCUT2D eigenvalue weighted by molar-refractivity contribution is 0.417. The Kier molecular flexibility index (Phi) is 4.52. The van der Waals surface area contributed by atoms with Gasteiger partial charge in [0.1, 0.15) is 17.3 Å². The number of halogens is 1. The van der Waals surface area contributed by atoms with Gasteiger partial charge in [-0.15, -0.1) is 0 Å². The van der Waals surface area contributed by atoms with Crippen LogP contribution in [-0.4, -0.2) is 22.2 Å². The minimum Gasteiger partial charge on any atom is -0.507 e. The van der Waals surface area contributed by atoms with Gasteiger partial charge >= 0.3 is 0 Å². The van der Waals surface area contributed by atoms with E-state index in [1.54, 1.807) is 43.5 Å². The van der Waals surface area contributed by atoms with Gasteiger partial charge in [0.25, 0.3) is 0 Å². The normalized spacial score (nSPS) is 10.7. The van der Waals surface area contributed by atoms with Crippen LogP contribution >= 0.6 is 11.6 Å². The number of ether oxygens (including phenoxy) is 1. The van der Waals surface area contributed by atoms with Gasteiger partial charge in [-0.2, -0.15) is 0 Å². The number of rotatable bonds is 4. The van der Waals surface area contributed by atoms with Crippen molar-refractivity contribution in [2.45, 2.75) is 0 Å². The Bertz CT molecular complexity index is 1130. The fourth-order valence-electron chi connectivity index (χ4n) is 2.86. The Morgan fingerprint density at radius 1 is 0.963 bits per heavy atom. The zero-order valence-electron chi connectivity index (χ0n) is 14.5. The number of benzene rings is 3. The van der Waals surface area contributed by atoms with Crippen molar-refractivity contribution < 1.29 is 9.84 Å². The highest BCUT2D eigenvalue weighted by atomic mass is 35.5. The lowest BCUT2D eigenvalue weighted by Gasteiger charge is -2.14. The summed E-state index contributed by atoms with van der Waals surface area (Å²) in [7, 11) is 1.60. The number of nitrogens with one attached hydrogen (secondary N) is 1. The molecule has 0 aliphatic heterocycles. The number of nitrogens with zero attached hydrogens (tertiary/aromatic N) is 2. The summed E-state index contributed by atoms with van der Waals surface area (Å²) >= 11 is 6.14. The van der Waals surface area contributed by atoms with Gasteiger partial charge in [-0.3, -0.25) is 0 Å². The van der Waals surface area contributed by atoms with Gasteiger partial charge in [-0.1, -0.05) is 35.9 Å². The highest BCUT2D eigenvalue weighted by Crippen LogP contribution is 2.34. The Hall–Kier alpha value is -3.31. The minimum absolute atomic E-state index is 0.124. The second-order valence-corrected chi connectivity index (χ2v) is 6.34. The maximum atomic E-state index is 10.2. The van der Waals surface area contributed by atoms with Crippen molar-refractivity contribution in [3.05, 3.63) is 71.8 Å². The Morgan fingerprint density at radius 2 is 1.74 bits per heavy atom. The third kappa shape index (κ3) is 3.37. The number of phenols is 1. The summed E-state index contributed by atoms with van der Waals surface area (Å²) in [6, 6.07) is 20.0. The molecule has 3 aromatic carbocycles. The molecule has 0 bridgehead atoms. The summed E-state index contributed by atoms with van der Waals surface area (Å²) in [6.45, 7) is 0. The molecule has 1 heterocycles. The highest BCUT2D eigenvalue weighted by molar-refractivity contribution is 6.31. The van der Waals surface area contributed by atoms with E-state index < -0.39 is 0 Å². The molecule has 6 heteroatoms. The largest absolute Gasteiger partial charge is 0.507 e. The molecule has 0 spiro atoms. The second-order valence-electron chi connectivity index (χ2n) is 5.90. The van der Waals surface area contributed by atoms with Gasteiger partial charge in [-0.25, -0.2) is 9.97 Å². The third-order valence-electron chi connectivity index (χ3n) is 4.16. The first-order chi connectivity index (χ1) is 13.2. The molecular weight excluding hydrogens is 362 g/mol. The molecule has 0 atom stereocenters. The fourth-order valence-corrected chi connectivity index (χ4v) is 3.03. The first-order valence-electron chi connectivity index (χ1n) is 8.31. The van der Waals surface area contributed by atoms with Crippen molar-refractivity contribution in [1.82, 2.24) is 9.97 Å². The summed E-state index contributed by atoms with van der Waals surface area (Å²) in [6.07, 6.45) is 0. The van der Waals surface area contributed by atoms with Gasteiger partial charge in [-0.05, 0) is 42.5 Å². The van der Waals surface area contributed by atoms with Crippen molar-refractivity contribution in [3.8, 4) is 22.9 Å². The van der Waals surface area contributed by atoms with Gasteiger partial charge in [0.15, 0.2) is 5.82 Å². The standard InChI is InChI=1S/C21H16ClN3O2/c1-27-19-11-10-13(22)12-17(19)24-20-14-6-2-4-8-16(14)23-21(25-20)15-7-3-5-9-18(15)26/h2-12,26H,1H3,(H,23,24,25). The van der Waals surface area contributed by atoms with Crippen molar-refractivity contribution >= 4 is 34.0 Å². The Balaban J connectivity index is 1.90. The first kappa shape index (κ1) is 17.1. The predicted octanol–water partition coefficient (Wildman–Crippen LogP) is 5.41. The van der Waals surface area contributed by atoms with E-state index in [0.717, 1.165) is 10.9 Å². The minimum atomic E-state index is 0.124. The summed E-state index contributed by atoms with van der Waals surface area (Å²) < 4.78 is 5.41. The number of methoxy groups -OCH3 is 1. The van der Waals surface area contributed by atoms with E-state index in [2.05, 4.69) is 15.3 Å². The zero-order valence-corrected chi connectivity index (χ0v) is 15.2. The molecule has 2 N–H and O–H groups in total. The van der Waals surface area contributed by atoms with Crippen LogP contribution in [0, 0.1) is 0 Å². The summed E-state index contributed by atoms with van der Waals surface area (Å²) in [5, 5.41) is 14.9. The van der Waals surface area contributed by atoms with E-state index in [-0.39, 0.29) is 5.75 Å². The number of phenolic OH excluding ortho intramolecular Hbond substituents is 1. The van der Waals surface area contributed by atoms with Crippen molar-refractivity contribution in [2.75, 3.05) is 12.4 Å². The van der Waals surface area contributed by atoms with Crippen LogP contribution in [0.15, 0.2) is 66.7 Å². The molecule has 0 aliphatic carbocycles. The van der Waals surface area contributed by atoms with Crippen LogP contribution in [0.4, 0.5) is 11.5 Å².